The molecule has 0 aliphatic carbocycles. The van der Waals surface area contributed by atoms with Crippen LogP contribution in [-0.2, 0) is 19.5 Å². The minimum Gasteiger partial charge on any atom is -0.343 e. The molecule has 0 aromatic carbocycles. The molecule has 0 spiro atoms. The lowest BCUT2D eigenvalue weighted by Crippen LogP contribution is -2.32. The molecule has 0 bridgehead atoms. The zero-order valence-corrected chi connectivity index (χ0v) is 12.0. The van der Waals surface area contributed by atoms with E-state index >= 15 is 0 Å². The third-order valence-electron chi connectivity index (χ3n) is 3.80. The van der Waals surface area contributed by atoms with Gasteiger partial charge in [-0.05, 0) is 18.6 Å². The first-order valence-corrected chi connectivity index (χ1v) is 7.12. The second-order valence-corrected chi connectivity index (χ2v) is 5.31. The van der Waals surface area contributed by atoms with E-state index < -0.39 is 12.1 Å². The van der Waals surface area contributed by atoms with Crippen LogP contribution in [0.15, 0.2) is 24.4 Å². The first-order chi connectivity index (χ1) is 10.9. The van der Waals surface area contributed by atoms with Crippen molar-refractivity contribution in [2.45, 2.75) is 32.1 Å². The van der Waals surface area contributed by atoms with Crippen molar-refractivity contribution in [3.63, 3.8) is 0 Å². The Labute approximate surface area is 129 Å². The van der Waals surface area contributed by atoms with Crippen molar-refractivity contribution in [2.75, 3.05) is 0 Å². The number of fused-ring (bicyclic) bond motifs is 1. The second-order valence-electron chi connectivity index (χ2n) is 5.31. The predicted octanol–water partition coefficient (Wildman–Crippen LogP) is 1.73. The van der Waals surface area contributed by atoms with Crippen molar-refractivity contribution in [1.82, 2.24) is 25.1 Å². The molecule has 9 heteroatoms. The third kappa shape index (κ3) is 3.33. The van der Waals surface area contributed by atoms with Crippen molar-refractivity contribution in [2.24, 2.45) is 5.92 Å². The van der Waals surface area contributed by atoms with Crippen LogP contribution < -0.4 is 5.32 Å². The second kappa shape index (κ2) is 5.98. The first-order valence-electron chi connectivity index (χ1n) is 7.12. The van der Waals surface area contributed by atoms with Gasteiger partial charge in [0.05, 0.1) is 12.5 Å². The lowest BCUT2D eigenvalue weighted by atomic mass is 9.97. The fourth-order valence-electron chi connectivity index (χ4n) is 2.55. The molecule has 0 radical (unpaired) electrons. The molecule has 0 saturated heterocycles. The average Bonchev–Trinajstić information content (AvgIpc) is 2.95. The van der Waals surface area contributed by atoms with Crippen molar-refractivity contribution in [3.05, 3.63) is 41.7 Å². The Morgan fingerprint density at radius 2 is 2.17 bits per heavy atom. The molecular weight excluding hydrogens is 311 g/mol. The normalized spacial score (nSPS) is 17.6. The molecule has 0 fully saturated rings. The van der Waals surface area contributed by atoms with Gasteiger partial charge < -0.3 is 9.88 Å². The quantitative estimate of drug-likeness (QED) is 0.933. The Balaban J connectivity index is 1.65. The summed E-state index contributed by atoms with van der Waals surface area (Å²) in [7, 11) is 0. The summed E-state index contributed by atoms with van der Waals surface area (Å²) in [5.74, 6) is -0.993. The maximum atomic E-state index is 12.8. The highest BCUT2D eigenvalue weighted by Crippen LogP contribution is 2.34. The largest absolute Gasteiger partial charge is 0.392 e. The Morgan fingerprint density at radius 1 is 1.35 bits per heavy atom. The van der Waals surface area contributed by atoms with E-state index in [1.165, 1.54) is 6.20 Å². The molecular formula is C14H14F3N5O. The summed E-state index contributed by atoms with van der Waals surface area (Å²) in [5.41, 5.74) is 0.267. The Bertz CT molecular complexity index is 698. The van der Waals surface area contributed by atoms with Gasteiger partial charge in [0.1, 0.15) is 11.5 Å². The van der Waals surface area contributed by atoms with Gasteiger partial charge in [-0.3, -0.25) is 9.78 Å². The monoisotopic (exact) mass is 325 g/mol. The first kappa shape index (κ1) is 15.4. The van der Waals surface area contributed by atoms with Gasteiger partial charge in [-0.25, -0.2) is 0 Å². The third-order valence-corrected chi connectivity index (χ3v) is 3.80. The topological polar surface area (TPSA) is 72.7 Å². The number of pyridine rings is 1. The smallest absolute Gasteiger partial charge is 0.343 e. The number of halogens is 3. The molecule has 122 valence electrons. The summed E-state index contributed by atoms with van der Waals surface area (Å²) < 4.78 is 39.9. The molecule has 6 nitrogen and oxygen atoms in total. The number of rotatable bonds is 3. The van der Waals surface area contributed by atoms with E-state index in [0.717, 1.165) is 0 Å². The van der Waals surface area contributed by atoms with E-state index in [-0.39, 0.29) is 37.5 Å². The van der Waals surface area contributed by atoms with Crippen LogP contribution in [0.5, 0.6) is 0 Å². The molecule has 1 aliphatic heterocycles. The number of carbonyl (C=O) groups excluding carboxylic acids is 1. The minimum absolute atomic E-state index is 0.00424. The number of amides is 1. The van der Waals surface area contributed by atoms with Crippen molar-refractivity contribution >= 4 is 5.91 Å². The zero-order valence-electron chi connectivity index (χ0n) is 12.0. The molecule has 2 aromatic rings. The number of aromatic nitrogens is 4. The highest BCUT2D eigenvalue weighted by atomic mass is 19.4. The van der Waals surface area contributed by atoms with Gasteiger partial charge in [0.15, 0.2) is 5.82 Å². The number of hydrogen-bond acceptors (Lipinski definition) is 4. The van der Waals surface area contributed by atoms with Crippen LogP contribution in [0.4, 0.5) is 13.2 Å². The number of hydrogen-bond donors (Lipinski definition) is 1. The van der Waals surface area contributed by atoms with E-state index in [0.29, 0.717) is 11.6 Å². The van der Waals surface area contributed by atoms with Crippen molar-refractivity contribution < 1.29 is 18.0 Å². The van der Waals surface area contributed by atoms with Crippen LogP contribution in [0.2, 0.25) is 0 Å². The lowest BCUT2D eigenvalue weighted by Gasteiger charge is -2.25. The lowest BCUT2D eigenvalue weighted by molar-refractivity contribution is -0.179. The SMILES string of the molecule is O=C(NCc1nnc2n1CC[C@H](C(F)(F)F)C2)c1ccccn1. The van der Waals surface area contributed by atoms with Crippen molar-refractivity contribution in [1.29, 1.82) is 0 Å². The summed E-state index contributed by atoms with van der Waals surface area (Å²) in [6.45, 7) is 0.292. The number of alkyl halides is 3. The molecule has 0 unspecified atom stereocenters. The summed E-state index contributed by atoms with van der Waals surface area (Å²) in [4.78, 5) is 15.8. The Kier molecular flexibility index (Phi) is 4.01. The van der Waals surface area contributed by atoms with E-state index in [1.807, 2.05) is 0 Å². The molecule has 1 amide bonds. The fraction of sp³-hybridized carbons (Fsp3) is 0.429. The molecule has 0 saturated carbocycles. The van der Waals surface area contributed by atoms with Gasteiger partial charge in [-0.1, -0.05) is 6.07 Å². The summed E-state index contributed by atoms with van der Waals surface area (Å²) in [6.07, 6.45) is -2.89. The average molecular weight is 325 g/mol. The van der Waals surface area contributed by atoms with Crippen LogP contribution in [0.1, 0.15) is 28.6 Å². The fourth-order valence-corrected chi connectivity index (χ4v) is 2.55. The van der Waals surface area contributed by atoms with Gasteiger partial charge in [0.2, 0.25) is 0 Å². The van der Waals surface area contributed by atoms with Crippen LogP contribution in [0, 0.1) is 5.92 Å². The standard InChI is InChI=1S/C14H14F3N5O/c15-14(16,17)9-4-6-22-11(7-9)20-21-12(22)8-19-13(23)10-3-1-2-5-18-10/h1-3,5,9H,4,6-8H2,(H,19,23)/t9-/m0/s1. The van der Waals surface area contributed by atoms with Crippen LogP contribution in [0.25, 0.3) is 0 Å². The molecule has 23 heavy (non-hydrogen) atoms. The molecule has 1 aliphatic rings. The molecule has 2 aromatic heterocycles. The maximum Gasteiger partial charge on any atom is 0.392 e. The summed E-state index contributed by atoms with van der Waals surface area (Å²) >= 11 is 0. The highest BCUT2D eigenvalue weighted by molar-refractivity contribution is 5.92. The molecule has 3 rings (SSSR count). The summed E-state index contributed by atoms with van der Waals surface area (Å²) in [5, 5.41) is 10.4. The van der Waals surface area contributed by atoms with Gasteiger partial charge in [-0.15, -0.1) is 10.2 Å². The van der Waals surface area contributed by atoms with Gasteiger partial charge in [-0.2, -0.15) is 13.2 Å². The van der Waals surface area contributed by atoms with Crippen LogP contribution in [0.3, 0.4) is 0 Å². The predicted molar refractivity (Wildman–Crippen MR) is 73.3 cm³/mol. The van der Waals surface area contributed by atoms with Gasteiger partial charge in [0, 0.05) is 19.2 Å². The van der Waals surface area contributed by atoms with Crippen LogP contribution in [-0.4, -0.2) is 31.8 Å². The Hall–Kier alpha value is -2.45. The van der Waals surface area contributed by atoms with E-state index in [4.69, 9.17) is 0 Å². The van der Waals surface area contributed by atoms with Gasteiger partial charge in [0.25, 0.3) is 5.91 Å². The van der Waals surface area contributed by atoms with E-state index in [1.54, 1.807) is 22.8 Å². The number of carbonyl (C=O) groups is 1. The zero-order chi connectivity index (χ0) is 16.4. The van der Waals surface area contributed by atoms with Gasteiger partial charge >= 0.3 is 6.18 Å². The Morgan fingerprint density at radius 3 is 2.87 bits per heavy atom. The molecule has 1 N–H and O–H groups in total. The van der Waals surface area contributed by atoms with E-state index in [2.05, 4.69) is 20.5 Å². The van der Waals surface area contributed by atoms with E-state index in [9.17, 15) is 18.0 Å². The molecule has 3 heterocycles. The number of nitrogens with one attached hydrogen (secondary N) is 1. The highest BCUT2D eigenvalue weighted by Gasteiger charge is 2.42. The number of nitrogens with zero attached hydrogens (tertiary/aromatic N) is 4. The van der Waals surface area contributed by atoms with Crippen LogP contribution >= 0.6 is 0 Å². The van der Waals surface area contributed by atoms with Crippen molar-refractivity contribution in [3.8, 4) is 0 Å². The molecule has 1 atom stereocenters. The summed E-state index contributed by atoms with van der Waals surface area (Å²) in [6, 6.07) is 4.96. The maximum absolute atomic E-state index is 12.8. The minimum atomic E-state index is -4.22.